The first-order valence-corrected chi connectivity index (χ1v) is 17.5. The molecule has 0 amide bonds. The van der Waals surface area contributed by atoms with Crippen LogP contribution in [-0.4, -0.2) is 10.2 Å². The molecule has 244 valence electrons. The molecular weight excluding hydrogens is 625 g/mol. The van der Waals surface area contributed by atoms with Gasteiger partial charge in [-0.25, -0.2) is 0 Å². The molecule has 2 aliphatic rings. The molecule has 0 saturated carbocycles. The van der Waals surface area contributed by atoms with Crippen LogP contribution in [0.5, 0.6) is 11.5 Å². The fraction of sp³-hybridized carbons (Fsp3) is 0.0833. The third kappa shape index (κ3) is 4.74. The Kier molecular flexibility index (Phi) is 6.60. The molecule has 8 aromatic carbocycles. The summed E-state index contributed by atoms with van der Waals surface area (Å²) in [7, 11) is 0. The van der Waals surface area contributed by atoms with E-state index in [0.29, 0.717) is 24.3 Å². The van der Waals surface area contributed by atoms with Crippen molar-refractivity contribution in [2.45, 2.75) is 24.0 Å². The highest BCUT2D eigenvalue weighted by Gasteiger charge is 2.43. The van der Waals surface area contributed by atoms with Gasteiger partial charge in [0.1, 0.15) is 22.7 Å². The topological polar surface area (TPSA) is 49.7 Å². The minimum absolute atomic E-state index is 0.419. The maximum absolute atomic E-state index is 12.5. The number of hydrogen-bond donors (Lipinski definition) is 2. The maximum atomic E-state index is 12.5. The predicted molar refractivity (Wildman–Crippen MR) is 205 cm³/mol. The number of ether oxygens (including phenoxy) is 1. The van der Waals surface area contributed by atoms with E-state index in [2.05, 4.69) is 78.9 Å². The fourth-order valence-electron chi connectivity index (χ4n) is 8.56. The number of fused-ring (bicyclic) bond motifs is 8. The lowest BCUT2D eigenvalue weighted by Gasteiger charge is -2.27. The Balaban J connectivity index is 0.924. The normalized spacial score (nSPS) is 18.3. The van der Waals surface area contributed by atoms with Gasteiger partial charge in [0.05, 0.1) is 0 Å². The Morgan fingerprint density at radius 2 is 0.824 bits per heavy atom. The van der Waals surface area contributed by atoms with Crippen LogP contribution < -0.4 is 4.74 Å². The summed E-state index contributed by atoms with van der Waals surface area (Å²) in [5, 5.41) is 29.4. The first kappa shape index (κ1) is 29.9. The van der Waals surface area contributed by atoms with Crippen molar-refractivity contribution < 1.29 is 14.9 Å². The van der Waals surface area contributed by atoms with Crippen molar-refractivity contribution in [3.8, 4) is 33.8 Å². The highest BCUT2D eigenvalue weighted by molar-refractivity contribution is 5.94. The molecule has 0 bridgehead atoms. The van der Waals surface area contributed by atoms with Crippen molar-refractivity contribution >= 4 is 21.5 Å². The second-order valence-corrected chi connectivity index (χ2v) is 14.0. The molecule has 3 heteroatoms. The van der Waals surface area contributed by atoms with E-state index in [9.17, 15) is 10.2 Å². The fourth-order valence-corrected chi connectivity index (χ4v) is 8.56. The monoisotopic (exact) mass is 658 g/mol. The van der Waals surface area contributed by atoms with Crippen LogP contribution >= 0.6 is 0 Å². The standard InChI is InChI=1S/C48H34O3/c49-47(43-18-7-5-16-39(43)41-25-33-11-1-3-13-35(33)27-45(41)47)29-31-20-22-37(23-21-31)51-38-15-9-10-32(24-38)30-48(50)44-19-8-6-17-40(44)42-26-34-12-2-4-14-36(34)28-46(42)48/h1-28,49-50H,29-30H2. The average molecular weight is 659 g/mol. The summed E-state index contributed by atoms with van der Waals surface area (Å²) in [5.41, 5.74) is 7.79. The van der Waals surface area contributed by atoms with Gasteiger partial charge >= 0.3 is 0 Å². The third-order valence-electron chi connectivity index (χ3n) is 11.0. The first-order chi connectivity index (χ1) is 25.0. The minimum atomic E-state index is -1.17. The van der Waals surface area contributed by atoms with Crippen LogP contribution in [0, 0.1) is 0 Å². The number of aliphatic hydroxyl groups is 2. The lowest BCUT2D eigenvalue weighted by molar-refractivity contribution is 0.0857. The molecule has 0 spiro atoms. The highest BCUT2D eigenvalue weighted by Crippen LogP contribution is 2.52. The van der Waals surface area contributed by atoms with Gasteiger partial charge < -0.3 is 14.9 Å². The van der Waals surface area contributed by atoms with E-state index >= 15 is 0 Å². The van der Waals surface area contributed by atoms with Gasteiger partial charge in [0.25, 0.3) is 0 Å². The molecule has 0 fully saturated rings. The largest absolute Gasteiger partial charge is 0.457 e. The molecule has 2 unspecified atom stereocenters. The van der Waals surface area contributed by atoms with Gasteiger partial charge in [-0.15, -0.1) is 0 Å². The van der Waals surface area contributed by atoms with Gasteiger partial charge in [-0.1, -0.05) is 121 Å². The maximum Gasteiger partial charge on any atom is 0.127 e. The van der Waals surface area contributed by atoms with E-state index in [4.69, 9.17) is 4.74 Å². The van der Waals surface area contributed by atoms with Crippen LogP contribution in [0.1, 0.15) is 33.4 Å². The molecule has 0 radical (unpaired) electrons. The van der Waals surface area contributed by atoms with E-state index in [-0.39, 0.29) is 0 Å². The van der Waals surface area contributed by atoms with Crippen molar-refractivity contribution in [2.24, 2.45) is 0 Å². The molecule has 0 aromatic heterocycles. The van der Waals surface area contributed by atoms with Gasteiger partial charge in [0.15, 0.2) is 0 Å². The van der Waals surface area contributed by atoms with Crippen molar-refractivity contribution in [1.29, 1.82) is 0 Å². The van der Waals surface area contributed by atoms with Crippen LogP contribution in [0.2, 0.25) is 0 Å². The van der Waals surface area contributed by atoms with Crippen LogP contribution in [0.15, 0.2) is 170 Å². The smallest absolute Gasteiger partial charge is 0.127 e. The number of rotatable bonds is 6. The van der Waals surface area contributed by atoms with Crippen molar-refractivity contribution in [3.63, 3.8) is 0 Å². The molecule has 3 nitrogen and oxygen atoms in total. The SMILES string of the molecule is OC1(Cc2ccc(Oc3cccc(CC4(O)c5ccccc5-c5cc6ccccc6cc54)c3)cc2)c2ccccc2-c2cc3ccccc3cc21. The summed E-state index contributed by atoms with van der Waals surface area (Å²) in [6.45, 7) is 0. The number of benzene rings is 8. The summed E-state index contributed by atoms with van der Waals surface area (Å²) < 4.78 is 6.38. The zero-order valence-corrected chi connectivity index (χ0v) is 27.9. The second-order valence-electron chi connectivity index (χ2n) is 14.0. The molecule has 8 aromatic rings. The summed E-state index contributed by atoms with van der Waals surface area (Å²) in [5.74, 6) is 1.42. The van der Waals surface area contributed by atoms with Gasteiger partial charge in [-0.3, -0.25) is 0 Å². The zero-order chi connectivity index (χ0) is 34.2. The third-order valence-corrected chi connectivity index (χ3v) is 11.0. The van der Waals surface area contributed by atoms with E-state index in [1.54, 1.807) is 0 Å². The van der Waals surface area contributed by atoms with Crippen LogP contribution in [-0.2, 0) is 24.0 Å². The summed E-state index contributed by atoms with van der Waals surface area (Å²) >= 11 is 0. The Bertz CT molecular complexity index is 2660. The second kappa shape index (κ2) is 11.3. The van der Waals surface area contributed by atoms with Gasteiger partial charge in [0, 0.05) is 12.8 Å². The molecule has 0 saturated heterocycles. The molecule has 0 heterocycles. The van der Waals surface area contributed by atoms with Crippen molar-refractivity contribution in [2.75, 3.05) is 0 Å². The molecule has 0 aliphatic heterocycles. The Hall–Kier alpha value is -6.00. The average Bonchev–Trinajstić information content (AvgIpc) is 3.54. The predicted octanol–water partition coefficient (Wildman–Crippen LogP) is 10.7. The Labute approximate surface area is 296 Å². The summed E-state index contributed by atoms with van der Waals surface area (Å²) in [4.78, 5) is 0. The molecule has 2 aliphatic carbocycles. The van der Waals surface area contributed by atoms with Crippen LogP contribution in [0.3, 0.4) is 0 Å². The highest BCUT2D eigenvalue weighted by atomic mass is 16.5. The van der Waals surface area contributed by atoms with Crippen molar-refractivity contribution in [3.05, 3.63) is 203 Å². The van der Waals surface area contributed by atoms with Gasteiger partial charge in [0.2, 0.25) is 0 Å². The number of hydrogen-bond acceptors (Lipinski definition) is 3. The van der Waals surface area contributed by atoms with Crippen LogP contribution in [0.4, 0.5) is 0 Å². The lowest BCUT2D eigenvalue weighted by Crippen LogP contribution is -2.27. The quantitative estimate of drug-likeness (QED) is 0.187. The van der Waals surface area contributed by atoms with Gasteiger partial charge in [-0.05, 0) is 126 Å². The molecule has 2 atom stereocenters. The van der Waals surface area contributed by atoms with Crippen molar-refractivity contribution in [1.82, 2.24) is 0 Å². The van der Waals surface area contributed by atoms with E-state index in [1.165, 1.54) is 5.39 Å². The summed E-state index contributed by atoms with van der Waals surface area (Å²) in [6.07, 6.45) is 0.865. The molecule has 10 rings (SSSR count). The minimum Gasteiger partial charge on any atom is -0.457 e. The summed E-state index contributed by atoms with van der Waals surface area (Å²) in [6, 6.07) is 57.8. The Morgan fingerprint density at radius 3 is 1.37 bits per heavy atom. The van der Waals surface area contributed by atoms with E-state index in [1.807, 2.05) is 91.0 Å². The van der Waals surface area contributed by atoms with E-state index in [0.717, 1.165) is 71.8 Å². The lowest BCUT2D eigenvalue weighted by atomic mass is 9.84. The molecular formula is C48H34O3. The molecule has 51 heavy (non-hydrogen) atoms. The van der Waals surface area contributed by atoms with E-state index < -0.39 is 11.2 Å². The molecule has 2 N–H and O–H groups in total. The van der Waals surface area contributed by atoms with Gasteiger partial charge in [-0.2, -0.15) is 0 Å². The van der Waals surface area contributed by atoms with Crippen LogP contribution in [0.25, 0.3) is 43.8 Å². The Morgan fingerprint density at radius 1 is 0.353 bits per heavy atom. The zero-order valence-electron chi connectivity index (χ0n) is 27.9. The first-order valence-electron chi connectivity index (χ1n) is 17.5.